The van der Waals surface area contributed by atoms with E-state index in [2.05, 4.69) is 19.9 Å². The van der Waals surface area contributed by atoms with Gasteiger partial charge in [-0.25, -0.2) is 0 Å². The van der Waals surface area contributed by atoms with Crippen molar-refractivity contribution in [1.82, 2.24) is 0 Å². The molecule has 0 aliphatic heterocycles. The molecule has 2 nitrogen and oxygen atoms in total. The molecule has 1 aliphatic rings. The van der Waals surface area contributed by atoms with Crippen molar-refractivity contribution in [3.63, 3.8) is 0 Å². The highest BCUT2D eigenvalue weighted by molar-refractivity contribution is 5.53. The maximum absolute atomic E-state index is 5.52. The molecule has 0 heterocycles. The first-order chi connectivity index (χ1) is 7.64. The minimum atomic E-state index is 0.271. The molecule has 1 aliphatic carbocycles. The van der Waals surface area contributed by atoms with Crippen LogP contribution in [0.25, 0.3) is 0 Å². The quantitative estimate of drug-likeness (QED) is 0.778. The lowest BCUT2D eigenvalue weighted by molar-refractivity contribution is 0.374. The molecule has 0 saturated heterocycles. The summed E-state index contributed by atoms with van der Waals surface area (Å²) in [5.41, 5.74) is 3.05. The van der Waals surface area contributed by atoms with Crippen LogP contribution in [0.4, 0.5) is 0 Å². The molecule has 0 amide bonds. The van der Waals surface area contributed by atoms with Crippen molar-refractivity contribution < 1.29 is 9.47 Å². The monoisotopic (exact) mass is 220 g/mol. The largest absolute Gasteiger partial charge is 0.497 e. The summed E-state index contributed by atoms with van der Waals surface area (Å²) in [6.07, 6.45) is 3.50. The summed E-state index contributed by atoms with van der Waals surface area (Å²) >= 11 is 0. The van der Waals surface area contributed by atoms with Crippen LogP contribution in [0.3, 0.4) is 0 Å². The van der Waals surface area contributed by atoms with Gasteiger partial charge in [-0.15, -0.1) is 0 Å². The summed E-state index contributed by atoms with van der Waals surface area (Å²) in [6, 6.07) is 4.15. The minimum Gasteiger partial charge on any atom is -0.497 e. The molecular weight excluding hydrogens is 200 g/mol. The van der Waals surface area contributed by atoms with Crippen molar-refractivity contribution in [2.75, 3.05) is 14.2 Å². The van der Waals surface area contributed by atoms with Crippen molar-refractivity contribution in [2.24, 2.45) is 0 Å². The van der Waals surface area contributed by atoms with Crippen LogP contribution in [0.1, 0.15) is 37.8 Å². The maximum Gasteiger partial charge on any atom is 0.126 e. The van der Waals surface area contributed by atoms with Crippen LogP contribution in [0.5, 0.6) is 11.5 Å². The molecule has 0 spiro atoms. The SMILES string of the molecule is CCC1(C)CCc2cc(OC)cc(OC)c21. The van der Waals surface area contributed by atoms with E-state index in [0.717, 1.165) is 24.3 Å². The molecule has 0 aromatic heterocycles. The van der Waals surface area contributed by atoms with Crippen LogP contribution >= 0.6 is 0 Å². The van der Waals surface area contributed by atoms with E-state index in [1.165, 1.54) is 17.5 Å². The van der Waals surface area contributed by atoms with Gasteiger partial charge in [-0.1, -0.05) is 13.8 Å². The predicted octanol–water partition coefficient (Wildman–Crippen LogP) is 3.32. The summed E-state index contributed by atoms with van der Waals surface area (Å²) in [7, 11) is 3.44. The molecule has 2 heteroatoms. The summed E-state index contributed by atoms with van der Waals surface area (Å²) in [4.78, 5) is 0. The van der Waals surface area contributed by atoms with E-state index >= 15 is 0 Å². The lowest BCUT2D eigenvalue weighted by Gasteiger charge is -2.25. The second kappa shape index (κ2) is 4.00. The summed E-state index contributed by atoms with van der Waals surface area (Å²) in [6.45, 7) is 4.58. The Morgan fingerprint density at radius 1 is 1.25 bits per heavy atom. The lowest BCUT2D eigenvalue weighted by atomic mass is 9.81. The Labute approximate surface area is 97.6 Å². The van der Waals surface area contributed by atoms with Gasteiger partial charge in [0.05, 0.1) is 14.2 Å². The zero-order valence-electron chi connectivity index (χ0n) is 10.6. The number of benzene rings is 1. The molecule has 16 heavy (non-hydrogen) atoms. The number of ether oxygens (including phenoxy) is 2. The van der Waals surface area contributed by atoms with Crippen LogP contribution in [-0.4, -0.2) is 14.2 Å². The highest BCUT2D eigenvalue weighted by Gasteiger charge is 2.36. The van der Waals surface area contributed by atoms with E-state index in [1.54, 1.807) is 14.2 Å². The molecule has 0 saturated carbocycles. The molecule has 0 radical (unpaired) electrons. The maximum atomic E-state index is 5.52. The van der Waals surface area contributed by atoms with Gasteiger partial charge in [0, 0.05) is 11.6 Å². The van der Waals surface area contributed by atoms with Gasteiger partial charge >= 0.3 is 0 Å². The van der Waals surface area contributed by atoms with Crippen molar-refractivity contribution in [1.29, 1.82) is 0 Å². The fourth-order valence-corrected chi connectivity index (χ4v) is 2.70. The highest BCUT2D eigenvalue weighted by atomic mass is 16.5. The predicted molar refractivity (Wildman–Crippen MR) is 65.5 cm³/mol. The molecule has 2 rings (SSSR count). The van der Waals surface area contributed by atoms with Crippen LogP contribution in [-0.2, 0) is 11.8 Å². The lowest BCUT2D eigenvalue weighted by Crippen LogP contribution is -2.17. The van der Waals surface area contributed by atoms with Crippen molar-refractivity contribution >= 4 is 0 Å². The Morgan fingerprint density at radius 3 is 2.56 bits per heavy atom. The van der Waals surface area contributed by atoms with Crippen LogP contribution in [0.2, 0.25) is 0 Å². The third-order valence-electron chi connectivity index (χ3n) is 3.94. The first-order valence-electron chi connectivity index (χ1n) is 5.90. The molecule has 1 unspecified atom stereocenters. The van der Waals surface area contributed by atoms with Crippen molar-refractivity contribution in [2.45, 2.75) is 38.5 Å². The highest BCUT2D eigenvalue weighted by Crippen LogP contribution is 2.47. The molecule has 0 N–H and O–H groups in total. The topological polar surface area (TPSA) is 18.5 Å². The first-order valence-corrected chi connectivity index (χ1v) is 5.90. The van der Waals surface area contributed by atoms with E-state index in [-0.39, 0.29) is 5.41 Å². The van der Waals surface area contributed by atoms with Crippen molar-refractivity contribution in [3.05, 3.63) is 23.3 Å². The van der Waals surface area contributed by atoms with Crippen LogP contribution < -0.4 is 9.47 Å². The van der Waals surface area contributed by atoms with Gasteiger partial charge < -0.3 is 9.47 Å². The Balaban J connectivity index is 2.57. The molecule has 88 valence electrons. The van der Waals surface area contributed by atoms with E-state index < -0.39 is 0 Å². The zero-order chi connectivity index (χ0) is 11.8. The third-order valence-corrected chi connectivity index (χ3v) is 3.94. The second-order valence-corrected chi connectivity index (χ2v) is 4.78. The van der Waals surface area contributed by atoms with E-state index in [4.69, 9.17) is 9.47 Å². The number of fused-ring (bicyclic) bond motifs is 1. The Bertz CT molecular complexity index is 398. The standard InChI is InChI=1S/C14H20O2/c1-5-14(2)7-6-10-8-11(15-3)9-12(16-4)13(10)14/h8-9H,5-7H2,1-4H3. The molecule has 0 bridgehead atoms. The number of hydrogen-bond acceptors (Lipinski definition) is 2. The third kappa shape index (κ3) is 1.57. The Morgan fingerprint density at radius 2 is 2.00 bits per heavy atom. The smallest absolute Gasteiger partial charge is 0.126 e. The Kier molecular flexibility index (Phi) is 2.83. The van der Waals surface area contributed by atoms with E-state index in [0.29, 0.717) is 0 Å². The van der Waals surface area contributed by atoms with Gasteiger partial charge in [0.25, 0.3) is 0 Å². The number of methoxy groups -OCH3 is 2. The van der Waals surface area contributed by atoms with Gasteiger partial charge in [0.15, 0.2) is 0 Å². The molecule has 1 aromatic carbocycles. The van der Waals surface area contributed by atoms with E-state index in [9.17, 15) is 0 Å². The van der Waals surface area contributed by atoms with Gasteiger partial charge in [0.1, 0.15) is 11.5 Å². The first kappa shape index (κ1) is 11.3. The number of rotatable bonds is 3. The summed E-state index contributed by atoms with van der Waals surface area (Å²) in [5, 5.41) is 0. The Hall–Kier alpha value is -1.18. The molecule has 1 aromatic rings. The molecular formula is C14H20O2. The molecule has 0 fully saturated rings. The molecule has 1 atom stereocenters. The van der Waals surface area contributed by atoms with Gasteiger partial charge in [-0.3, -0.25) is 0 Å². The minimum absolute atomic E-state index is 0.271. The second-order valence-electron chi connectivity index (χ2n) is 4.78. The zero-order valence-corrected chi connectivity index (χ0v) is 10.6. The van der Waals surface area contributed by atoms with Gasteiger partial charge in [0.2, 0.25) is 0 Å². The van der Waals surface area contributed by atoms with Crippen LogP contribution in [0.15, 0.2) is 12.1 Å². The summed E-state index contributed by atoms with van der Waals surface area (Å²) in [5.74, 6) is 1.88. The van der Waals surface area contributed by atoms with E-state index in [1.807, 2.05) is 6.07 Å². The number of aryl methyl sites for hydroxylation is 1. The van der Waals surface area contributed by atoms with Gasteiger partial charge in [-0.05, 0) is 36.3 Å². The average molecular weight is 220 g/mol. The van der Waals surface area contributed by atoms with Crippen LogP contribution in [0, 0.1) is 0 Å². The normalized spacial score (nSPS) is 23.0. The average Bonchev–Trinajstić information content (AvgIpc) is 2.67. The summed E-state index contributed by atoms with van der Waals surface area (Å²) < 4.78 is 10.8. The van der Waals surface area contributed by atoms with Gasteiger partial charge in [-0.2, -0.15) is 0 Å². The fourth-order valence-electron chi connectivity index (χ4n) is 2.70. The number of hydrogen-bond donors (Lipinski definition) is 0. The fraction of sp³-hybridized carbons (Fsp3) is 0.571. The van der Waals surface area contributed by atoms with Crippen molar-refractivity contribution in [3.8, 4) is 11.5 Å².